The number of amides is 1. The zero-order valence-corrected chi connectivity index (χ0v) is 11.2. The van der Waals surface area contributed by atoms with Crippen LogP contribution in [0.2, 0.25) is 0 Å². The van der Waals surface area contributed by atoms with Crippen molar-refractivity contribution in [2.45, 2.75) is 57.9 Å². The highest BCUT2D eigenvalue weighted by molar-refractivity contribution is 5.78. The summed E-state index contributed by atoms with van der Waals surface area (Å²) in [5.41, 5.74) is 0. The van der Waals surface area contributed by atoms with Crippen molar-refractivity contribution in [2.75, 3.05) is 26.2 Å². The van der Waals surface area contributed by atoms with Gasteiger partial charge >= 0.3 is 0 Å². The largest absolute Gasteiger partial charge is 0.340 e. The third kappa shape index (κ3) is 3.44. The summed E-state index contributed by atoms with van der Waals surface area (Å²) in [7, 11) is 0. The number of nitrogens with zero attached hydrogens (tertiary/aromatic N) is 2. The molecule has 0 aromatic rings. The highest BCUT2D eigenvalue weighted by atomic mass is 16.2. The molecule has 2 saturated heterocycles. The van der Waals surface area contributed by atoms with Gasteiger partial charge in [-0.1, -0.05) is 19.8 Å². The molecule has 0 aromatic carbocycles. The van der Waals surface area contributed by atoms with Crippen molar-refractivity contribution >= 4 is 5.91 Å². The van der Waals surface area contributed by atoms with E-state index in [1.165, 1.54) is 51.7 Å². The molecule has 2 rings (SSSR count). The van der Waals surface area contributed by atoms with Gasteiger partial charge in [0.15, 0.2) is 0 Å². The number of piperidine rings is 1. The molecule has 0 radical (unpaired) electrons. The number of hydrogen-bond acceptors (Lipinski definition) is 2. The summed E-state index contributed by atoms with van der Waals surface area (Å²) in [6.45, 7) is 6.91. The molecule has 0 bridgehead atoms. The van der Waals surface area contributed by atoms with Gasteiger partial charge in [-0.2, -0.15) is 0 Å². The highest BCUT2D eigenvalue weighted by Crippen LogP contribution is 2.22. The van der Waals surface area contributed by atoms with Crippen LogP contribution >= 0.6 is 0 Å². The Morgan fingerprint density at radius 2 is 1.94 bits per heavy atom. The van der Waals surface area contributed by atoms with Gasteiger partial charge in [-0.3, -0.25) is 4.79 Å². The maximum Gasteiger partial charge on any atom is 0.222 e. The first-order valence-electron chi connectivity index (χ1n) is 7.33. The molecule has 2 aliphatic heterocycles. The fourth-order valence-corrected chi connectivity index (χ4v) is 3.10. The summed E-state index contributed by atoms with van der Waals surface area (Å²) in [5.74, 6) is 0.398. The quantitative estimate of drug-likeness (QED) is 0.686. The van der Waals surface area contributed by atoms with Crippen LogP contribution in [0.3, 0.4) is 0 Å². The maximum atomic E-state index is 11.7. The van der Waals surface area contributed by atoms with E-state index in [9.17, 15) is 4.79 Å². The van der Waals surface area contributed by atoms with Gasteiger partial charge in [0.25, 0.3) is 0 Å². The summed E-state index contributed by atoms with van der Waals surface area (Å²) >= 11 is 0. The molecule has 0 N–H and O–H groups in total. The summed E-state index contributed by atoms with van der Waals surface area (Å²) in [4.78, 5) is 16.4. The summed E-state index contributed by atoms with van der Waals surface area (Å²) in [6, 6.07) is 0.549. The van der Waals surface area contributed by atoms with E-state index in [1.54, 1.807) is 0 Å². The highest BCUT2D eigenvalue weighted by Gasteiger charge is 2.30. The molecule has 0 atom stereocenters. The van der Waals surface area contributed by atoms with Crippen LogP contribution in [-0.4, -0.2) is 47.9 Å². The first-order chi connectivity index (χ1) is 8.31. The van der Waals surface area contributed by atoms with E-state index in [1.807, 2.05) is 0 Å². The van der Waals surface area contributed by atoms with Gasteiger partial charge in [-0.15, -0.1) is 0 Å². The number of hydrogen-bond donors (Lipinski definition) is 0. The van der Waals surface area contributed by atoms with Gasteiger partial charge in [0.2, 0.25) is 5.91 Å². The van der Waals surface area contributed by atoms with E-state index in [0.717, 1.165) is 19.4 Å². The van der Waals surface area contributed by atoms with E-state index in [0.29, 0.717) is 11.9 Å². The molecule has 0 saturated carbocycles. The Hall–Kier alpha value is -0.570. The smallest absolute Gasteiger partial charge is 0.222 e. The second-order valence-corrected chi connectivity index (χ2v) is 5.47. The minimum Gasteiger partial charge on any atom is -0.340 e. The van der Waals surface area contributed by atoms with Gasteiger partial charge in [-0.05, 0) is 32.2 Å². The van der Waals surface area contributed by atoms with Crippen molar-refractivity contribution in [3.63, 3.8) is 0 Å². The van der Waals surface area contributed by atoms with Crippen LogP contribution in [0.25, 0.3) is 0 Å². The first-order valence-corrected chi connectivity index (χ1v) is 7.33. The Balaban J connectivity index is 1.68. The molecule has 2 fully saturated rings. The molecule has 0 unspecified atom stereocenters. The molecule has 0 spiro atoms. The Bertz CT molecular complexity index is 247. The van der Waals surface area contributed by atoms with Crippen molar-refractivity contribution in [1.29, 1.82) is 0 Å². The maximum absolute atomic E-state index is 11.7. The fraction of sp³-hybridized carbons (Fsp3) is 0.929. The van der Waals surface area contributed by atoms with E-state index in [4.69, 9.17) is 0 Å². The number of carbonyl (C=O) groups excluding carboxylic acids is 1. The summed E-state index contributed by atoms with van der Waals surface area (Å²) < 4.78 is 0. The third-order valence-corrected chi connectivity index (χ3v) is 4.19. The van der Waals surface area contributed by atoms with Crippen LogP contribution in [0.4, 0.5) is 0 Å². The van der Waals surface area contributed by atoms with Crippen molar-refractivity contribution < 1.29 is 4.79 Å². The van der Waals surface area contributed by atoms with E-state index in [2.05, 4.69) is 16.7 Å². The van der Waals surface area contributed by atoms with Crippen LogP contribution < -0.4 is 0 Å². The third-order valence-electron chi connectivity index (χ3n) is 4.19. The van der Waals surface area contributed by atoms with Gasteiger partial charge in [0.1, 0.15) is 0 Å². The van der Waals surface area contributed by atoms with E-state index in [-0.39, 0.29) is 0 Å². The van der Waals surface area contributed by atoms with Crippen LogP contribution in [0, 0.1) is 0 Å². The minimum atomic E-state index is 0.398. The number of likely N-dealkylation sites (tertiary alicyclic amines) is 2. The van der Waals surface area contributed by atoms with Crippen molar-refractivity contribution in [1.82, 2.24) is 9.80 Å². The van der Waals surface area contributed by atoms with Gasteiger partial charge in [0, 0.05) is 32.1 Å². The molecule has 3 heteroatoms. The van der Waals surface area contributed by atoms with E-state index < -0.39 is 0 Å². The fourth-order valence-electron chi connectivity index (χ4n) is 3.10. The molecular weight excluding hydrogens is 212 g/mol. The molecule has 0 aliphatic carbocycles. The molecule has 17 heavy (non-hydrogen) atoms. The molecule has 3 nitrogen and oxygen atoms in total. The SMILES string of the molecule is CCCCCN1CCC(N2CCCC2=O)CC1. The Labute approximate surface area is 105 Å². The van der Waals surface area contributed by atoms with Crippen LogP contribution in [0.5, 0.6) is 0 Å². The lowest BCUT2D eigenvalue weighted by molar-refractivity contribution is -0.130. The Kier molecular flexibility index (Phi) is 4.84. The predicted molar refractivity (Wildman–Crippen MR) is 69.9 cm³/mol. The van der Waals surface area contributed by atoms with Gasteiger partial charge in [-0.25, -0.2) is 0 Å². The topological polar surface area (TPSA) is 23.6 Å². The van der Waals surface area contributed by atoms with Crippen LogP contribution in [0.1, 0.15) is 51.9 Å². The number of rotatable bonds is 5. The summed E-state index contributed by atoms with van der Waals surface area (Å²) in [5, 5.41) is 0. The second-order valence-electron chi connectivity index (χ2n) is 5.47. The molecular formula is C14H26N2O. The lowest BCUT2D eigenvalue weighted by Gasteiger charge is -2.36. The molecule has 1 amide bonds. The minimum absolute atomic E-state index is 0.398. The monoisotopic (exact) mass is 238 g/mol. The van der Waals surface area contributed by atoms with Crippen molar-refractivity contribution in [3.8, 4) is 0 Å². The predicted octanol–water partition coefficient (Wildman–Crippen LogP) is 2.26. The normalized spacial score (nSPS) is 23.6. The number of unbranched alkanes of at least 4 members (excludes halogenated alkanes) is 2. The molecule has 2 heterocycles. The van der Waals surface area contributed by atoms with Crippen LogP contribution in [-0.2, 0) is 4.79 Å². The standard InChI is InChI=1S/C14H26N2O/c1-2-3-4-9-15-11-7-13(8-12-15)16-10-5-6-14(16)17/h13H,2-12H2,1H3. The Morgan fingerprint density at radius 1 is 1.18 bits per heavy atom. The zero-order valence-electron chi connectivity index (χ0n) is 11.2. The van der Waals surface area contributed by atoms with Crippen LogP contribution in [0.15, 0.2) is 0 Å². The molecule has 2 aliphatic rings. The molecule has 98 valence electrons. The average Bonchev–Trinajstić information content (AvgIpc) is 2.77. The van der Waals surface area contributed by atoms with Gasteiger partial charge < -0.3 is 9.80 Å². The lowest BCUT2D eigenvalue weighted by Crippen LogP contribution is -2.45. The average molecular weight is 238 g/mol. The Morgan fingerprint density at radius 3 is 2.53 bits per heavy atom. The lowest BCUT2D eigenvalue weighted by atomic mass is 10.0. The number of carbonyl (C=O) groups is 1. The summed E-state index contributed by atoms with van der Waals surface area (Å²) in [6.07, 6.45) is 8.25. The van der Waals surface area contributed by atoms with E-state index >= 15 is 0 Å². The first kappa shape index (κ1) is 12.9. The van der Waals surface area contributed by atoms with Crippen molar-refractivity contribution in [2.24, 2.45) is 0 Å². The van der Waals surface area contributed by atoms with Gasteiger partial charge in [0.05, 0.1) is 0 Å². The van der Waals surface area contributed by atoms with Crippen molar-refractivity contribution in [3.05, 3.63) is 0 Å². The molecule has 0 aromatic heterocycles. The zero-order chi connectivity index (χ0) is 12.1. The second kappa shape index (κ2) is 6.39.